The van der Waals surface area contributed by atoms with Gasteiger partial charge < -0.3 is 30.0 Å². The number of hydrogen-bond acceptors (Lipinski definition) is 7. The van der Waals surface area contributed by atoms with Gasteiger partial charge in [-0.25, -0.2) is 0 Å². The van der Waals surface area contributed by atoms with Gasteiger partial charge in [-0.1, -0.05) is 40.5 Å². The molecule has 3 unspecified atom stereocenters. The fourth-order valence-corrected chi connectivity index (χ4v) is 5.93. The Morgan fingerprint density at radius 3 is 2.59 bits per heavy atom. The quantitative estimate of drug-likeness (QED) is 0.382. The summed E-state index contributed by atoms with van der Waals surface area (Å²) in [5, 5.41) is 10.5. The minimum Gasteiger partial charge on any atom is -0.493 e. The van der Waals surface area contributed by atoms with Crippen LogP contribution in [0.2, 0.25) is 0 Å². The lowest BCUT2D eigenvalue weighted by molar-refractivity contribution is -0.144. The second kappa shape index (κ2) is 12.8. The van der Waals surface area contributed by atoms with Crippen LogP contribution in [-0.4, -0.2) is 79.5 Å². The molecule has 208 valence electrons. The second-order valence-electron chi connectivity index (χ2n) is 11.1. The van der Waals surface area contributed by atoms with E-state index in [1.54, 1.807) is 7.11 Å². The van der Waals surface area contributed by atoms with Crippen molar-refractivity contribution in [3.8, 4) is 17.2 Å². The number of amides is 1. The molecule has 0 aliphatic carbocycles. The molecule has 1 saturated heterocycles. The molecule has 0 aromatic heterocycles. The molecule has 3 atom stereocenters. The van der Waals surface area contributed by atoms with Gasteiger partial charge in [-0.15, -0.1) is 0 Å². The van der Waals surface area contributed by atoms with E-state index in [0.717, 1.165) is 31.2 Å². The number of unbranched alkanes of at least 4 members (excludes halogenated alkanes) is 1. The van der Waals surface area contributed by atoms with Crippen LogP contribution in [0.5, 0.6) is 17.2 Å². The van der Waals surface area contributed by atoms with Crippen LogP contribution in [0.4, 0.5) is 0 Å². The average Bonchev–Trinajstić information content (AvgIpc) is 3.45. The van der Waals surface area contributed by atoms with E-state index in [-0.39, 0.29) is 36.6 Å². The van der Waals surface area contributed by atoms with Crippen molar-refractivity contribution in [2.24, 2.45) is 17.1 Å². The molecule has 1 aromatic carbocycles. The summed E-state index contributed by atoms with van der Waals surface area (Å²) >= 11 is 0. The Hall–Kier alpha value is -2.52. The maximum Gasteiger partial charge on any atom is 0.308 e. The Morgan fingerprint density at radius 2 is 1.97 bits per heavy atom. The van der Waals surface area contributed by atoms with E-state index in [2.05, 4.69) is 32.6 Å². The van der Waals surface area contributed by atoms with Crippen molar-refractivity contribution in [1.82, 2.24) is 9.80 Å². The standard InChI is InChI=1S/C28H45N3O6/c1-6-8-11-30(12-10-29)24(32)17-31-16-20(19-13-22(35-5)26-23(14-19)36-18-37-26)25(27(33)34)21(31)15-28(3,4)9-7-2/h13-14,20-21,25H,6-12,15-18,29H2,1-5H3,(H,33,34). The van der Waals surface area contributed by atoms with Gasteiger partial charge in [0.2, 0.25) is 18.4 Å². The summed E-state index contributed by atoms with van der Waals surface area (Å²) < 4.78 is 16.7. The van der Waals surface area contributed by atoms with Crippen LogP contribution < -0.4 is 19.9 Å². The average molecular weight is 520 g/mol. The van der Waals surface area contributed by atoms with Crippen molar-refractivity contribution in [2.75, 3.05) is 46.6 Å². The summed E-state index contributed by atoms with van der Waals surface area (Å²) in [4.78, 5) is 30.2. The molecule has 2 aliphatic rings. The number of aliphatic carboxylic acids is 1. The highest BCUT2D eigenvalue weighted by Crippen LogP contribution is 2.48. The third kappa shape index (κ3) is 6.87. The minimum atomic E-state index is -0.848. The number of rotatable bonds is 14. The number of carboxylic acids is 1. The van der Waals surface area contributed by atoms with Gasteiger partial charge >= 0.3 is 5.97 Å². The molecular formula is C28H45N3O6. The summed E-state index contributed by atoms with van der Waals surface area (Å²) in [6, 6.07) is 3.44. The Balaban J connectivity index is 1.97. The smallest absolute Gasteiger partial charge is 0.308 e. The highest BCUT2D eigenvalue weighted by atomic mass is 16.7. The molecule has 9 nitrogen and oxygen atoms in total. The number of nitrogens with two attached hydrogens (primary N) is 1. The molecule has 0 radical (unpaired) electrons. The Labute approximate surface area is 221 Å². The number of nitrogens with zero attached hydrogens (tertiary/aromatic N) is 2. The first-order valence-corrected chi connectivity index (χ1v) is 13.6. The Kier molecular flexibility index (Phi) is 10.1. The van der Waals surface area contributed by atoms with E-state index in [1.165, 1.54) is 0 Å². The van der Waals surface area contributed by atoms with Crippen LogP contribution in [0.25, 0.3) is 0 Å². The van der Waals surface area contributed by atoms with Crippen molar-refractivity contribution < 1.29 is 28.9 Å². The highest BCUT2D eigenvalue weighted by Gasteiger charge is 2.49. The van der Waals surface area contributed by atoms with Gasteiger partial charge in [-0.2, -0.15) is 0 Å². The predicted molar refractivity (Wildman–Crippen MR) is 142 cm³/mol. The van der Waals surface area contributed by atoms with Gasteiger partial charge in [0, 0.05) is 38.1 Å². The normalized spacial score (nSPS) is 21.3. The van der Waals surface area contributed by atoms with Crippen molar-refractivity contribution in [3.63, 3.8) is 0 Å². The highest BCUT2D eigenvalue weighted by molar-refractivity contribution is 5.79. The summed E-state index contributed by atoms with van der Waals surface area (Å²) in [5.74, 6) is -0.215. The number of benzene rings is 1. The Bertz CT molecular complexity index is 937. The number of carbonyl (C=O) groups excluding carboxylic acids is 1. The molecule has 1 fully saturated rings. The maximum atomic E-state index is 13.4. The monoisotopic (exact) mass is 519 g/mol. The molecule has 2 heterocycles. The van der Waals surface area contributed by atoms with E-state index < -0.39 is 11.9 Å². The SMILES string of the molecule is CCCCN(CCN)C(=O)CN1CC(c2cc(OC)c3c(c2)OCO3)C(C(=O)O)C1CC(C)(C)CCC. The van der Waals surface area contributed by atoms with Crippen LogP contribution in [0, 0.1) is 11.3 Å². The first-order valence-electron chi connectivity index (χ1n) is 13.6. The molecule has 2 aliphatic heterocycles. The molecule has 0 saturated carbocycles. The maximum absolute atomic E-state index is 13.4. The van der Waals surface area contributed by atoms with Crippen molar-refractivity contribution in [1.29, 1.82) is 0 Å². The number of ether oxygens (including phenoxy) is 3. The molecule has 3 rings (SSSR count). The second-order valence-corrected chi connectivity index (χ2v) is 11.1. The van der Waals surface area contributed by atoms with Crippen LogP contribution >= 0.6 is 0 Å². The van der Waals surface area contributed by atoms with Gasteiger partial charge in [-0.3, -0.25) is 14.5 Å². The number of carbonyl (C=O) groups is 2. The summed E-state index contributed by atoms with van der Waals surface area (Å²) in [6.45, 7) is 10.9. The zero-order valence-electron chi connectivity index (χ0n) is 23.1. The molecular weight excluding hydrogens is 474 g/mol. The van der Waals surface area contributed by atoms with Crippen molar-refractivity contribution >= 4 is 11.9 Å². The van der Waals surface area contributed by atoms with Gasteiger partial charge in [0.05, 0.1) is 19.6 Å². The molecule has 1 aromatic rings. The van der Waals surface area contributed by atoms with Crippen LogP contribution in [0.15, 0.2) is 12.1 Å². The molecule has 37 heavy (non-hydrogen) atoms. The lowest BCUT2D eigenvalue weighted by atomic mass is 9.76. The van der Waals surface area contributed by atoms with Crippen molar-refractivity contribution in [3.05, 3.63) is 17.7 Å². The Morgan fingerprint density at radius 1 is 1.22 bits per heavy atom. The molecule has 9 heteroatoms. The molecule has 0 spiro atoms. The minimum absolute atomic E-state index is 0.00486. The number of likely N-dealkylation sites (tertiary alicyclic amines) is 1. The first-order chi connectivity index (χ1) is 17.6. The number of hydrogen-bond donors (Lipinski definition) is 2. The van der Waals surface area contributed by atoms with Crippen LogP contribution in [-0.2, 0) is 9.59 Å². The summed E-state index contributed by atoms with van der Waals surface area (Å²) in [6.07, 6.45) is 4.59. The largest absolute Gasteiger partial charge is 0.493 e. The van der Waals surface area contributed by atoms with E-state index in [4.69, 9.17) is 19.9 Å². The van der Waals surface area contributed by atoms with Gasteiger partial charge in [0.25, 0.3) is 0 Å². The number of fused-ring (bicyclic) bond motifs is 1. The number of carboxylic acid groups (broad SMARTS) is 1. The third-order valence-corrected chi connectivity index (χ3v) is 7.70. The summed E-state index contributed by atoms with van der Waals surface area (Å²) in [7, 11) is 1.56. The summed E-state index contributed by atoms with van der Waals surface area (Å²) in [5.41, 5.74) is 6.57. The zero-order valence-corrected chi connectivity index (χ0v) is 23.1. The lowest BCUT2D eigenvalue weighted by Crippen LogP contribution is -2.46. The van der Waals surface area contributed by atoms with E-state index >= 15 is 0 Å². The van der Waals surface area contributed by atoms with Gasteiger partial charge in [0.15, 0.2) is 11.5 Å². The predicted octanol–water partition coefficient (Wildman–Crippen LogP) is 3.70. The fraction of sp³-hybridized carbons (Fsp3) is 0.714. The first kappa shape index (κ1) is 29.0. The molecule has 0 bridgehead atoms. The third-order valence-electron chi connectivity index (χ3n) is 7.70. The molecule has 1 amide bonds. The van der Waals surface area contributed by atoms with Gasteiger partial charge in [0.1, 0.15) is 0 Å². The van der Waals surface area contributed by atoms with E-state index in [0.29, 0.717) is 49.8 Å². The molecule has 3 N–H and O–H groups in total. The topological polar surface area (TPSA) is 115 Å². The van der Waals surface area contributed by atoms with E-state index in [9.17, 15) is 14.7 Å². The number of methoxy groups -OCH3 is 1. The van der Waals surface area contributed by atoms with Crippen LogP contribution in [0.1, 0.15) is 71.3 Å². The zero-order chi connectivity index (χ0) is 27.2. The van der Waals surface area contributed by atoms with Crippen LogP contribution in [0.3, 0.4) is 0 Å². The van der Waals surface area contributed by atoms with Gasteiger partial charge in [-0.05, 0) is 42.4 Å². The van der Waals surface area contributed by atoms with E-state index in [1.807, 2.05) is 17.0 Å². The van der Waals surface area contributed by atoms with Crippen molar-refractivity contribution in [2.45, 2.75) is 71.8 Å². The lowest BCUT2D eigenvalue weighted by Gasteiger charge is -2.35. The fourth-order valence-electron chi connectivity index (χ4n) is 5.93.